The van der Waals surface area contributed by atoms with Crippen molar-refractivity contribution in [3.05, 3.63) is 42.5 Å². The van der Waals surface area contributed by atoms with Crippen LogP contribution in [0.3, 0.4) is 0 Å². The van der Waals surface area contributed by atoms with Gasteiger partial charge in [0.05, 0.1) is 0 Å². The molecule has 0 aliphatic carbocycles. The number of amides is 3. The van der Waals surface area contributed by atoms with Crippen LogP contribution in [0.4, 0.5) is 5.69 Å². The summed E-state index contributed by atoms with van der Waals surface area (Å²) in [5.74, 6) is -0.414. The lowest BCUT2D eigenvalue weighted by molar-refractivity contribution is -0.135. The van der Waals surface area contributed by atoms with Gasteiger partial charge in [-0.25, -0.2) is 0 Å². The Hall–Kier alpha value is -2.63. The van der Waals surface area contributed by atoms with E-state index in [9.17, 15) is 14.4 Å². The number of anilines is 1. The van der Waals surface area contributed by atoms with Gasteiger partial charge in [-0.05, 0) is 44.0 Å². The van der Waals surface area contributed by atoms with Crippen molar-refractivity contribution in [3.8, 4) is 0 Å². The number of hydrogen-bond acceptors (Lipinski definition) is 3. The van der Waals surface area contributed by atoms with Crippen LogP contribution in [-0.4, -0.2) is 41.8 Å². The molecule has 1 unspecified atom stereocenters. The van der Waals surface area contributed by atoms with Gasteiger partial charge in [-0.2, -0.15) is 0 Å². The molecule has 3 amide bonds. The zero-order valence-electron chi connectivity index (χ0n) is 13.9. The van der Waals surface area contributed by atoms with Crippen molar-refractivity contribution in [1.82, 2.24) is 10.2 Å². The third-order valence-electron chi connectivity index (χ3n) is 4.03. The molecule has 1 aliphatic heterocycles. The topological polar surface area (TPSA) is 78.5 Å². The van der Waals surface area contributed by atoms with E-state index in [0.29, 0.717) is 24.2 Å². The highest BCUT2D eigenvalue weighted by atomic mass is 16.2. The number of likely N-dealkylation sites (tertiary alicyclic amines) is 1. The molecule has 0 spiro atoms. The summed E-state index contributed by atoms with van der Waals surface area (Å²) in [6, 6.07) is 6.65. The molecular formula is C18H23N3O3. The Morgan fingerprint density at radius 3 is 2.88 bits per heavy atom. The lowest BCUT2D eigenvalue weighted by Crippen LogP contribution is -2.47. The highest BCUT2D eigenvalue weighted by Gasteiger charge is 2.23. The first-order chi connectivity index (χ1) is 11.5. The van der Waals surface area contributed by atoms with Crippen molar-refractivity contribution in [2.45, 2.75) is 32.2 Å². The molecule has 1 aromatic rings. The van der Waals surface area contributed by atoms with Crippen LogP contribution in [0.5, 0.6) is 0 Å². The number of nitrogens with zero attached hydrogens (tertiary/aromatic N) is 1. The van der Waals surface area contributed by atoms with E-state index in [1.165, 1.54) is 6.08 Å². The third kappa shape index (κ3) is 4.68. The maximum Gasteiger partial charge on any atom is 0.251 e. The molecular weight excluding hydrogens is 306 g/mol. The molecule has 24 heavy (non-hydrogen) atoms. The lowest BCUT2D eigenvalue weighted by Gasteiger charge is -2.32. The summed E-state index contributed by atoms with van der Waals surface area (Å²) in [7, 11) is 0. The van der Waals surface area contributed by atoms with Crippen LogP contribution < -0.4 is 10.6 Å². The second-order valence-corrected chi connectivity index (χ2v) is 5.88. The Balaban J connectivity index is 1.92. The summed E-state index contributed by atoms with van der Waals surface area (Å²) in [6.45, 7) is 6.47. The van der Waals surface area contributed by atoms with Crippen molar-refractivity contribution in [2.24, 2.45) is 0 Å². The molecule has 0 bridgehead atoms. The van der Waals surface area contributed by atoms with E-state index >= 15 is 0 Å². The standard InChI is InChI=1S/C18H23N3O3/c1-3-16(22)20-15-8-6-7-14(11-15)18(24)19-12-13(2)21-10-5-4-9-17(21)23/h3,6-8,11,13H,1,4-5,9-10,12H2,2H3,(H,19,24)(H,20,22). The molecule has 1 fully saturated rings. The zero-order chi connectivity index (χ0) is 17.5. The SMILES string of the molecule is C=CC(=O)Nc1cccc(C(=O)NCC(C)N2CCCCC2=O)c1. The van der Waals surface area contributed by atoms with E-state index in [2.05, 4.69) is 17.2 Å². The van der Waals surface area contributed by atoms with Gasteiger partial charge in [0.2, 0.25) is 11.8 Å². The molecule has 6 nitrogen and oxygen atoms in total. The first-order valence-corrected chi connectivity index (χ1v) is 8.12. The van der Waals surface area contributed by atoms with Crippen LogP contribution in [0.25, 0.3) is 0 Å². The fourth-order valence-corrected chi connectivity index (χ4v) is 2.68. The Morgan fingerprint density at radius 2 is 2.17 bits per heavy atom. The van der Waals surface area contributed by atoms with Crippen molar-refractivity contribution in [3.63, 3.8) is 0 Å². The van der Waals surface area contributed by atoms with E-state index in [-0.39, 0.29) is 23.8 Å². The van der Waals surface area contributed by atoms with Gasteiger partial charge in [-0.1, -0.05) is 12.6 Å². The predicted octanol–water partition coefficient (Wildman–Crippen LogP) is 1.94. The summed E-state index contributed by atoms with van der Waals surface area (Å²) < 4.78 is 0. The smallest absolute Gasteiger partial charge is 0.251 e. The number of carbonyl (C=O) groups excluding carboxylic acids is 3. The van der Waals surface area contributed by atoms with Gasteiger partial charge >= 0.3 is 0 Å². The van der Waals surface area contributed by atoms with E-state index in [0.717, 1.165) is 19.4 Å². The highest BCUT2D eigenvalue weighted by molar-refractivity contribution is 6.00. The maximum atomic E-state index is 12.3. The monoisotopic (exact) mass is 329 g/mol. The summed E-state index contributed by atoms with van der Waals surface area (Å²) in [6.07, 6.45) is 3.71. The van der Waals surface area contributed by atoms with Crippen LogP contribution >= 0.6 is 0 Å². The van der Waals surface area contributed by atoms with Crippen molar-refractivity contribution >= 4 is 23.4 Å². The predicted molar refractivity (Wildman–Crippen MR) is 92.6 cm³/mol. The maximum absolute atomic E-state index is 12.3. The van der Waals surface area contributed by atoms with Gasteiger partial charge < -0.3 is 15.5 Å². The van der Waals surface area contributed by atoms with Gasteiger partial charge in [0.25, 0.3) is 5.91 Å². The fourth-order valence-electron chi connectivity index (χ4n) is 2.68. The van der Waals surface area contributed by atoms with Crippen LogP contribution in [0, 0.1) is 0 Å². The second kappa shape index (κ2) is 8.29. The van der Waals surface area contributed by atoms with Crippen molar-refractivity contribution < 1.29 is 14.4 Å². The minimum Gasteiger partial charge on any atom is -0.350 e. The van der Waals surface area contributed by atoms with Crippen LogP contribution in [-0.2, 0) is 9.59 Å². The van der Waals surface area contributed by atoms with E-state index in [1.54, 1.807) is 24.3 Å². The molecule has 1 aliphatic rings. The van der Waals surface area contributed by atoms with Gasteiger partial charge in [0, 0.05) is 36.8 Å². The molecule has 2 rings (SSSR count). The molecule has 128 valence electrons. The van der Waals surface area contributed by atoms with Crippen LogP contribution in [0.2, 0.25) is 0 Å². The minimum absolute atomic E-state index is 0.0367. The first kappa shape index (κ1) is 17.7. The van der Waals surface area contributed by atoms with E-state index in [4.69, 9.17) is 0 Å². The average molecular weight is 329 g/mol. The van der Waals surface area contributed by atoms with Crippen LogP contribution in [0.1, 0.15) is 36.5 Å². The molecule has 0 aromatic heterocycles. The van der Waals surface area contributed by atoms with Crippen molar-refractivity contribution in [2.75, 3.05) is 18.4 Å². The van der Waals surface area contributed by atoms with E-state index in [1.807, 2.05) is 11.8 Å². The Kier molecular flexibility index (Phi) is 6.12. The number of piperidine rings is 1. The molecule has 1 saturated heterocycles. The van der Waals surface area contributed by atoms with Gasteiger partial charge in [0.1, 0.15) is 0 Å². The minimum atomic E-state index is -0.329. The quantitative estimate of drug-likeness (QED) is 0.783. The van der Waals surface area contributed by atoms with Crippen molar-refractivity contribution in [1.29, 1.82) is 0 Å². The summed E-state index contributed by atoms with van der Waals surface area (Å²) in [5, 5.41) is 5.46. The normalized spacial score (nSPS) is 15.5. The van der Waals surface area contributed by atoms with Gasteiger partial charge in [-0.3, -0.25) is 14.4 Å². The number of rotatable bonds is 6. The molecule has 1 aromatic carbocycles. The molecule has 6 heteroatoms. The first-order valence-electron chi connectivity index (χ1n) is 8.12. The molecule has 1 heterocycles. The number of hydrogen-bond donors (Lipinski definition) is 2. The highest BCUT2D eigenvalue weighted by Crippen LogP contribution is 2.14. The average Bonchev–Trinajstić information content (AvgIpc) is 2.59. The van der Waals surface area contributed by atoms with E-state index < -0.39 is 0 Å². The second-order valence-electron chi connectivity index (χ2n) is 5.88. The molecule has 0 saturated carbocycles. The Morgan fingerprint density at radius 1 is 1.38 bits per heavy atom. The Bertz CT molecular complexity index is 642. The number of benzene rings is 1. The third-order valence-corrected chi connectivity index (χ3v) is 4.03. The molecule has 0 radical (unpaired) electrons. The molecule has 2 N–H and O–H groups in total. The summed E-state index contributed by atoms with van der Waals surface area (Å²) in [5.41, 5.74) is 0.987. The Labute approximate surface area is 141 Å². The fraction of sp³-hybridized carbons (Fsp3) is 0.389. The largest absolute Gasteiger partial charge is 0.350 e. The number of carbonyl (C=O) groups is 3. The van der Waals surface area contributed by atoms with Crippen LogP contribution in [0.15, 0.2) is 36.9 Å². The van der Waals surface area contributed by atoms with Gasteiger partial charge in [-0.15, -0.1) is 0 Å². The summed E-state index contributed by atoms with van der Waals surface area (Å²) in [4.78, 5) is 37.3. The summed E-state index contributed by atoms with van der Waals surface area (Å²) >= 11 is 0. The zero-order valence-corrected chi connectivity index (χ0v) is 13.9. The number of nitrogens with one attached hydrogen (secondary N) is 2. The van der Waals surface area contributed by atoms with Gasteiger partial charge in [0.15, 0.2) is 0 Å². The molecule has 1 atom stereocenters. The lowest BCUT2D eigenvalue weighted by atomic mass is 10.1.